The molecule has 0 atom stereocenters. The Morgan fingerprint density at radius 2 is 2.00 bits per heavy atom. The number of benzene rings is 1. The van der Waals surface area contributed by atoms with Crippen LogP contribution < -0.4 is 20.2 Å². The first kappa shape index (κ1) is 15.8. The molecule has 0 radical (unpaired) electrons. The molecule has 0 aliphatic carbocycles. The molecule has 0 fully saturated rings. The molecule has 1 aromatic carbocycles. The van der Waals surface area contributed by atoms with Gasteiger partial charge in [0.1, 0.15) is 0 Å². The zero-order valence-electron chi connectivity index (χ0n) is 12.7. The average Bonchev–Trinajstić information content (AvgIpc) is 2.92. The van der Waals surface area contributed by atoms with E-state index in [1.54, 1.807) is 32.6 Å². The standard InChI is InChI=1S/C15H18N4O2S/c1-19-8-4-5-12(19)10-16-18-15(22)17-11-6-7-13(20-2)14(9-11)21-3/h4-10H,1-3H3,(H2,17,18,22)/b16-10+. The Kier molecular flexibility index (Phi) is 5.37. The predicted molar refractivity (Wildman–Crippen MR) is 91.9 cm³/mol. The van der Waals surface area contributed by atoms with E-state index in [0.29, 0.717) is 16.6 Å². The lowest BCUT2D eigenvalue weighted by Gasteiger charge is -2.11. The van der Waals surface area contributed by atoms with Crippen molar-refractivity contribution >= 4 is 29.2 Å². The molecule has 0 spiro atoms. The summed E-state index contributed by atoms with van der Waals surface area (Å²) >= 11 is 5.19. The van der Waals surface area contributed by atoms with Gasteiger partial charge in [0.25, 0.3) is 0 Å². The monoisotopic (exact) mass is 318 g/mol. The van der Waals surface area contributed by atoms with Crippen LogP contribution >= 0.6 is 12.2 Å². The topological polar surface area (TPSA) is 59.8 Å². The molecule has 6 nitrogen and oxygen atoms in total. The van der Waals surface area contributed by atoms with E-state index in [4.69, 9.17) is 21.7 Å². The van der Waals surface area contributed by atoms with E-state index in [9.17, 15) is 0 Å². The number of ether oxygens (including phenoxy) is 2. The Hall–Kier alpha value is -2.54. The molecule has 2 aromatic rings. The molecule has 2 N–H and O–H groups in total. The number of methoxy groups -OCH3 is 2. The van der Waals surface area contributed by atoms with Gasteiger partial charge in [-0.2, -0.15) is 5.10 Å². The van der Waals surface area contributed by atoms with Gasteiger partial charge in [-0.3, -0.25) is 5.43 Å². The minimum absolute atomic E-state index is 0.387. The summed E-state index contributed by atoms with van der Waals surface area (Å²) in [5.41, 5.74) is 4.52. The summed E-state index contributed by atoms with van der Waals surface area (Å²) in [5, 5.41) is 7.51. The summed E-state index contributed by atoms with van der Waals surface area (Å²) in [4.78, 5) is 0. The lowest BCUT2D eigenvalue weighted by Crippen LogP contribution is -2.24. The van der Waals surface area contributed by atoms with Crippen molar-refractivity contribution in [3.63, 3.8) is 0 Å². The molecule has 2 rings (SSSR count). The van der Waals surface area contributed by atoms with Gasteiger partial charge in [0.2, 0.25) is 0 Å². The number of hydrogen-bond acceptors (Lipinski definition) is 4. The third-order valence-corrected chi connectivity index (χ3v) is 3.18. The van der Waals surface area contributed by atoms with Crippen LogP contribution in [0.2, 0.25) is 0 Å². The van der Waals surface area contributed by atoms with Gasteiger partial charge >= 0.3 is 0 Å². The third kappa shape index (κ3) is 3.98. The SMILES string of the molecule is COc1ccc(NC(=S)N/N=C/c2cccn2C)cc1OC. The summed E-state index contributed by atoms with van der Waals surface area (Å²) in [6.45, 7) is 0. The van der Waals surface area contributed by atoms with Gasteiger partial charge in [-0.1, -0.05) is 0 Å². The van der Waals surface area contributed by atoms with Gasteiger partial charge in [0.05, 0.1) is 26.1 Å². The van der Waals surface area contributed by atoms with Gasteiger partial charge < -0.3 is 19.4 Å². The zero-order chi connectivity index (χ0) is 15.9. The smallest absolute Gasteiger partial charge is 0.191 e. The molecule has 0 aliphatic rings. The minimum atomic E-state index is 0.387. The minimum Gasteiger partial charge on any atom is -0.493 e. The number of anilines is 1. The van der Waals surface area contributed by atoms with Crippen molar-refractivity contribution in [2.24, 2.45) is 12.1 Å². The first-order chi connectivity index (χ1) is 10.6. The molecule has 116 valence electrons. The summed E-state index contributed by atoms with van der Waals surface area (Å²) in [6, 6.07) is 9.35. The van der Waals surface area contributed by atoms with Crippen LogP contribution in [-0.4, -0.2) is 30.1 Å². The summed E-state index contributed by atoms with van der Waals surface area (Å²) in [5.74, 6) is 1.29. The van der Waals surface area contributed by atoms with E-state index in [2.05, 4.69) is 15.8 Å². The predicted octanol–water partition coefficient (Wildman–Crippen LogP) is 2.36. The molecule has 0 amide bonds. The maximum atomic E-state index is 5.24. The van der Waals surface area contributed by atoms with Crippen molar-refractivity contribution < 1.29 is 9.47 Å². The Bertz CT molecular complexity index is 682. The van der Waals surface area contributed by atoms with E-state index in [0.717, 1.165) is 11.4 Å². The Morgan fingerprint density at radius 3 is 2.64 bits per heavy atom. The number of hydrazone groups is 1. The van der Waals surface area contributed by atoms with Crippen LogP contribution in [0.1, 0.15) is 5.69 Å². The third-order valence-electron chi connectivity index (χ3n) is 2.99. The number of aryl methyl sites for hydroxylation is 1. The first-order valence-corrected chi connectivity index (χ1v) is 6.98. The molecule has 0 bridgehead atoms. The maximum absolute atomic E-state index is 5.24. The van der Waals surface area contributed by atoms with Crippen LogP contribution in [0.15, 0.2) is 41.6 Å². The van der Waals surface area contributed by atoms with Crippen molar-refractivity contribution in [1.29, 1.82) is 0 Å². The van der Waals surface area contributed by atoms with E-state index in [-0.39, 0.29) is 0 Å². The zero-order valence-corrected chi connectivity index (χ0v) is 13.5. The number of hydrogen-bond donors (Lipinski definition) is 2. The number of nitrogens with zero attached hydrogens (tertiary/aromatic N) is 2. The van der Waals surface area contributed by atoms with Crippen LogP contribution in [0.4, 0.5) is 5.69 Å². The van der Waals surface area contributed by atoms with E-state index < -0.39 is 0 Å². The number of thiocarbonyl (C=S) groups is 1. The van der Waals surface area contributed by atoms with Gasteiger partial charge in [0.15, 0.2) is 16.6 Å². The van der Waals surface area contributed by atoms with E-state index in [1.807, 2.05) is 36.0 Å². The second-order valence-corrected chi connectivity index (χ2v) is 4.85. The molecule has 0 aliphatic heterocycles. The molecule has 0 unspecified atom stereocenters. The molecule has 22 heavy (non-hydrogen) atoms. The van der Waals surface area contributed by atoms with E-state index in [1.165, 1.54) is 0 Å². The van der Waals surface area contributed by atoms with Crippen molar-refractivity contribution in [2.75, 3.05) is 19.5 Å². The fraction of sp³-hybridized carbons (Fsp3) is 0.200. The highest BCUT2D eigenvalue weighted by atomic mass is 32.1. The van der Waals surface area contributed by atoms with E-state index >= 15 is 0 Å². The molecule has 1 heterocycles. The maximum Gasteiger partial charge on any atom is 0.191 e. The van der Waals surface area contributed by atoms with Crippen LogP contribution in [0.3, 0.4) is 0 Å². The van der Waals surface area contributed by atoms with Gasteiger partial charge in [-0.25, -0.2) is 0 Å². The molecule has 7 heteroatoms. The largest absolute Gasteiger partial charge is 0.493 e. The molecule has 0 saturated carbocycles. The van der Waals surface area contributed by atoms with Crippen LogP contribution in [0.5, 0.6) is 11.5 Å². The van der Waals surface area contributed by atoms with Crippen molar-refractivity contribution in [1.82, 2.24) is 9.99 Å². The molecular weight excluding hydrogens is 300 g/mol. The highest BCUT2D eigenvalue weighted by Crippen LogP contribution is 2.29. The summed E-state index contributed by atoms with van der Waals surface area (Å²) < 4.78 is 12.4. The van der Waals surface area contributed by atoms with Gasteiger partial charge in [-0.15, -0.1) is 0 Å². The van der Waals surface area contributed by atoms with Crippen molar-refractivity contribution in [3.05, 3.63) is 42.2 Å². The summed E-state index contributed by atoms with van der Waals surface area (Å²) in [6.07, 6.45) is 3.64. The van der Waals surface area contributed by atoms with Crippen LogP contribution in [-0.2, 0) is 7.05 Å². The van der Waals surface area contributed by atoms with Crippen molar-refractivity contribution in [2.45, 2.75) is 0 Å². The quantitative estimate of drug-likeness (QED) is 0.503. The van der Waals surface area contributed by atoms with Gasteiger partial charge in [-0.05, 0) is 36.5 Å². The summed E-state index contributed by atoms with van der Waals surface area (Å²) in [7, 11) is 5.12. The Morgan fingerprint density at radius 1 is 1.23 bits per heavy atom. The van der Waals surface area contributed by atoms with Crippen LogP contribution in [0.25, 0.3) is 0 Å². The Labute approximate surface area is 134 Å². The van der Waals surface area contributed by atoms with Crippen molar-refractivity contribution in [3.8, 4) is 11.5 Å². The fourth-order valence-electron chi connectivity index (χ4n) is 1.84. The molecule has 1 aromatic heterocycles. The second kappa shape index (κ2) is 7.46. The Balaban J connectivity index is 1.94. The second-order valence-electron chi connectivity index (χ2n) is 4.44. The number of aromatic nitrogens is 1. The average molecular weight is 318 g/mol. The molecular formula is C15H18N4O2S. The molecule has 0 saturated heterocycles. The first-order valence-electron chi connectivity index (χ1n) is 6.57. The lowest BCUT2D eigenvalue weighted by atomic mass is 10.3. The highest BCUT2D eigenvalue weighted by molar-refractivity contribution is 7.80. The van der Waals surface area contributed by atoms with Gasteiger partial charge in [0, 0.05) is 25.0 Å². The fourth-order valence-corrected chi connectivity index (χ4v) is 2.01. The highest BCUT2D eigenvalue weighted by Gasteiger charge is 2.05. The normalized spacial score (nSPS) is 10.5. The van der Waals surface area contributed by atoms with Crippen LogP contribution in [0, 0.1) is 0 Å². The lowest BCUT2D eigenvalue weighted by molar-refractivity contribution is 0.355. The number of rotatable bonds is 5. The number of nitrogens with one attached hydrogen (secondary N) is 2.